The van der Waals surface area contributed by atoms with Gasteiger partial charge in [-0.3, -0.25) is 4.74 Å². The van der Waals surface area contributed by atoms with Crippen LogP contribution in [0.15, 0.2) is 18.2 Å². The molecule has 0 bridgehead atoms. The quantitative estimate of drug-likeness (QED) is 0.659. The maximum atomic E-state index is 12.9. The average Bonchev–Trinajstić information content (AvgIpc) is 2.22. The van der Waals surface area contributed by atoms with E-state index in [9.17, 15) is 22.7 Å². The Hall–Kier alpha value is -1.34. The zero-order valence-electron chi connectivity index (χ0n) is 9.50. The number of hydrogen-bond acceptors (Lipinski definition) is 3. The number of hydrogen-bond donors (Lipinski definition) is 1. The van der Waals surface area contributed by atoms with Crippen molar-refractivity contribution in [1.82, 2.24) is 0 Å². The van der Waals surface area contributed by atoms with E-state index in [1.165, 1.54) is 13.0 Å². The average molecular weight is 268 g/mol. The van der Waals surface area contributed by atoms with Crippen LogP contribution in [-0.4, -0.2) is 24.7 Å². The molecule has 0 aromatic heterocycles. The van der Waals surface area contributed by atoms with Gasteiger partial charge in [-0.05, 0) is 19.1 Å². The second-order valence-corrected chi connectivity index (χ2v) is 3.50. The number of rotatable bonds is 5. The summed E-state index contributed by atoms with van der Waals surface area (Å²) in [5.74, 6) is -0.609. The summed E-state index contributed by atoms with van der Waals surface area (Å²) in [5, 5.41) is 9.37. The lowest BCUT2D eigenvalue weighted by atomic mass is 10.1. The van der Waals surface area contributed by atoms with Gasteiger partial charge in [-0.15, -0.1) is 13.2 Å². The van der Waals surface area contributed by atoms with Crippen molar-refractivity contribution < 1.29 is 32.1 Å². The van der Waals surface area contributed by atoms with Crippen molar-refractivity contribution in [3.63, 3.8) is 0 Å². The molecule has 1 atom stereocenters. The van der Waals surface area contributed by atoms with Crippen molar-refractivity contribution in [3.8, 4) is 5.75 Å². The van der Waals surface area contributed by atoms with Crippen LogP contribution in [-0.2, 0) is 4.74 Å². The first-order valence-corrected chi connectivity index (χ1v) is 5.10. The van der Waals surface area contributed by atoms with Gasteiger partial charge in [0.05, 0.1) is 12.7 Å². The van der Waals surface area contributed by atoms with Crippen LogP contribution in [0.2, 0.25) is 0 Å². The summed E-state index contributed by atoms with van der Waals surface area (Å²) in [5.41, 5.74) is 0.295. The minimum atomic E-state index is -4.72. The lowest BCUT2D eigenvalue weighted by Gasteiger charge is -2.14. The lowest BCUT2D eigenvalue weighted by molar-refractivity contribution is -0.325. The smallest absolute Gasteiger partial charge is 0.491 e. The third-order valence-corrected chi connectivity index (χ3v) is 2.03. The highest BCUT2D eigenvalue weighted by Crippen LogP contribution is 2.26. The number of alkyl halides is 3. The fraction of sp³-hybridized carbons (Fsp3) is 0.455. The summed E-state index contributed by atoms with van der Waals surface area (Å²) >= 11 is 0. The van der Waals surface area contributed by atoms with Crippen molar-refractivity contribution in [3.05, 3.63) is 29.6 Å². The highest BCUT2D eigenvalue weighted by atomic mass is 19.4. The number of ether oxygens (including phenoxy) is 2. The Balaban J connectivity index is 2.58. The Bertz CT molecular complexity index is 390. The van der Waals surface area contributed by atoms with E-state index >= 15 is 0 Å². The number of aliphatic hydroxyl groups is 1. The van der Waals surface area contributed by atoms with Crippen LogP contribution in [0.5, 0.6) is 5.75 Å². The third kappa shape index (κ3) is 4.89. The SMILES string of the molecule is C[C@@H](O)c1ccc(F)cc1OCCOC(F)(F)F. The third-order valence-electron chi connectivity index (χ3n) is 2.03. The van der Waals surface area contributed by atoms with Crippen LogP contribution in [0.1, 0.15) is 18.6 Å². The van der Waals surface area contributed by atoms with Gasteiger partial charge in [0.15, 0.2) is 0 Å². The summed E-state index contributed by atoms with van der Waals surface area (Å²) in [6.45, 7) is 0.328. The molecule has 0 unspecified atom stereocenters. The van der Waals surface area contributed by atoms with Gasteiger partial charge >= 0.3 is 6.36 Å². The molecule has 7 heteroatoms. The first-order valence-electron chi connectivity index (χ1n) is 5.10. The van der Waals surface area contributed by atoms with Gasteiger partial charge in [-0.1, -0.05) is 0 Å². The van der Waals surface area contributed by atoms with E-state index in [2.05, 4.69) is 4.74 Å². The molecule has 102 valence electrons. The van der Waals surface area contributed by atoms with Gasteiger partial charge < -0.3 is 9.84 Å². The Morgan fingerprint density at radius 3 is 2.50 bits per heavy atom. The Morgan fingerprint density at radius 1 is 1.28 bits per heavy atom. The number of aliphatic hydroxyl groups excluding tert-OH is 1. The monoisotopic (exact) mass is 268 g/mol. The van der Waals surface area contributed by atoms with Crippen molar-refractivity contribution in [2.24, 2.45) is 0 Å². The molecule has 1 aromatic carbocycles. The van der Waals surface area contributed by atoms with Crippen LogP contribution < -0.4 is 4.74 Å². The molecule has 1 N–H and O–H groups in total. The van der Waals surface area contributed by atoms with Crippen molar-refractivity contribution >= 4 is 0 Å². The highest BCUT2D eigenvalue weighted by molar-refractivity contribution is 5.35. The molecule has 18 heavy (non-hydrogen) atoms. The maximum Gasteiger partial charge on any atom is 0.522 e. The molecule has 0 aliphatic rings. The molecule has 0 aliphatic heterocycles. The summed E-state index contributed by atoms with van der Waals surface area (Å²) in [6.07, 6.45) is -5.64. The molecule has 1 aromatic rings. The summed E-state index contributed by atoms with van der Waals surface area (Å²) in [4.78, 5) is 0. The fourth-order valence-corrected chi connectivity index (χ4v) is 1.29. The van der Waals surface area contributed by atoms with Crippen molar-refractivity contribution in [2.75, 3.05) is 13.2 Å². The van der Waals surface area contributed by atoms with E-state index in [1.807, 2.05) is 0 Å². The Kier molecular flexibility index (Phi) is 4.92. The first kappa shape index (κ1) is 14.7. The predicted octanol–water partition coefficient (Wildman–Crippen LogP) is 2.79. The van der Waals surface area contributed by atoms with E-state index in [-0.39, 0.29) is 5.75 Å². The standard InChI is InChI=1S/C11H12F4O3/c1-7(16)9-3-2-8(12)6-10(9)17-4-5-18-11(13,14)15/h2-3,6-7,16H,4-5H2,1H3/t7-/m1/s1. The normalized spacial score (nSPS) is 13.4. The minimum Gasteiger partial charge on any atom is -0.491 e. The molecule has 3 nitrogen and oxygen atoms in total. The van der Waals surface area contributed by atoms with Gasteiger partial charge in [-0.2, -0.15) is 0 Å². The second kappa shape index (κ2) is 6.01. The molecule has 0 aliphatic carbocycles. The predicted molar refractivity (Wildman–Crippen MR) is 54.5 cm³/mol. The van der Waals surface area contributed by atoms with Gasteiger partial charge in [0.2, 0.25) is 0 Å². The molecule has 0 fully saturated rings. The van der Waals surface area contributed by atoms with Crippen LogP contribution in [0.25, 0.3) is 0 Å². The molecular weight excluding hydrogens is 256 g/mol. The molecule has 0 radical (unpaired) electrons. The molecular formula is C11H12F4O3. The van der Waals surface area contributed by atoms with Gasteiger partial charge in [0, 0.05) is 11.6 Å². The summed E-state index contributed by atoms with van der Waals surface area (Å²) in [7, 11) is 0. The topological polar surface area (TPSA) is 38.7 Å². The zero-order chi connectivity index (χ0) is 13.8. The largest absolute Gasteiger partial charge is 0.522 e. The number of halogens is 4. The van der Waals surface area contributed by atoms with E-state index in [0.29, 0.717) is 5.56 Å². The van der Waals surface area contributed by atoms with E-state index in [4.69, 9.17) is 4.74 Å². The Labute approximate surface area is 101 Å². The summed E-state index contributed by atoms with van der Waals surface area (Å²) < 4.78 is 56.4. The Morgan fingerprint density at radius 2 is 1.94 bits per heavy atom. The zero-order valence-corrected chi connectivity index (χ0v) is 9.50. The van der Waals surface area contributed by atoms with Gasteiger partial charge in [-0.25, -0.2) is 4.39 Å². The van der Waals surface area contributed by atoms with E-state index < -0.39 is 31.5 Å². The second-order valence-electron chi connectivity index (χ2n) is 3.50. The van der Waals surface area contributed by atoms with Crippen molar-refractivity contribution in [2.45, 2.75) is 19.4 Å². The van der Waals surface area contributed by atoms with Crippen LogP contribution in [0.3, 0.4) is 0 Å². The van der Waals surface area contributed by atoms with Crippen LogP contribution in [0.4, 0.5) is 17.6 Å². The van der Waals surface area contributed by atoms with Gasteiger partial charge in [0.25, 0.3) is 0 Å². The van der Waals surface area contributed by atoms with Crippen molar-refractivity contribution in [1.29, 1.82) is 0 Å². The minimum absolute atomic E-state index is 0.00391. The van der Waals surface area contributed by atoms with E-state index in [1.54, 1.807) is 0 Å². The van der Waals surface area contributed by atoms with Crippen LogP contribution in [0, 0.1) is 5.82 Å². The molecule has 1 rings (SSSR count). The molecule has 0 amide bonds. The molecule has 0 spiro atoms. The molecule has 0 heterocycles. The lowest BCUT2D eigenvalue weighted by Crippen LogP contribution is -2.18. The summed E-state index contributed by atoms with van der Waals surface area (Å²) in [6, 6.07) is 3.43. The number of benzene rings is 1. The maximum absolute atomic E-state index is 12.9. The highest BCUT2D eigenvalue weighted by Gasteiger charge is 2.28. The van der Waals surface area contributed by atoms with E-state index in [0.717, 1.165) is 12.1 Å². The molecule has 0 saturated carbocycles. The van der Waals surface area contributed by atoms with Gasteiger partial charge in [0.1, 0.15) is 18.2 Å². The first-order chi connectivity index (χ1) is 8.29. The molecule has 0 saturated heterocycles. The fourth-order valence-electron chi connectivity index (χ4n) is 1.29. The van der Waals surface area contributed by atoms with Crippen LogP contribution >= 0.6 is 0 Å².